The summed E-state index contributed by atoms with van der Waals surface area (Å²) in [4.78, 5) is 25.6. The van der Waals surface area contributed by atoms with Gasteiger partial charge in [-0.05, 0) is 32.9 Å². The number of benzene rings is 1. The van der Waals surface area contributed by atoms with Crippen molar-refractivity contribution in [3.63, 3.8) is 0 Å². The van der Waals surface area contributed by atoms with Crippen molar-refractivity contribution in [2.45, 2.75) is 31.5 Å². The number of rotatable bonds is 6. The minimum Gasteiger partial charge on any atom is -0.350 e. The third kappa shape index (κ3) is 5.78. The van der Waals surface area contributed by atoms with Gasteiger partial charge in [-0.2, -0.15) is 0 Å². The van der Waals surface area contributed by atoms with Crippen molar-refractivity contribution in [1.82, 2.24) is 25.0 Å². The van der Waals surface area contributed by atoms with Crippen molar-refractivity contribution in [2.24, 2.45) is 7.05 Å². The molecule has 0 bridgehead atoms. The Hall–Kier alpha value is -2.42. The van der Waals surface area contributed by atoms with Crippen LogP contribution in [0.15, 0.2) is 29.4 Å². The number of carbonyl (C=O) groups excluding carboxylic acids is 2. The summed E-state index contributed by atoms with van der Waals surface area (Å²) in [5.74, 6) is -0.322. The number of nitrogens with zero attached hydrogens (tertiary/aromatic N) is 4. The Morgan fingerprint density at radius 3 is 2.56 bits per heavy atom. The normalized spacial score (nSPS) is 11.3. The van der Waals surface area contributed by atoms with Crippen LogP contribution in [0.4, 0.5) is 4.39 Å². The summed E-state index contributed by atoms with van der Waals surface area (Å²) in [6.07, 6.45) is 0. The van der Waals surface area contributed by atoms with Crippen molar-refractivity contribution in [3.8, 4) is 11.4 Å². The molecule has 27 heavy (non-hydrogen) atoms. The number of halogens is 1. The van der Waals surface area contributed by atoms with Crippen molar-refractivity contribution >= 4 is 23.6 Å². The van der Waals surface area contributed by atoms with Gasteiger partial charge in [0.25, 0.3) is 0 Å². The lowest BCUT2D eigenvalue weighted by atomic mass is 10.1. The van der Waals surface area contributed by atoms with Gasteiger partial charge in [-0.1, -0.05) is 23.9 Å². The molecule has 1 aromatic carbocycles. The molecular formula is C18H24FN5O2S. The lowest BCUT2D eigenvalue weighted by Gasteiger charge is -2.23. The predicted molar refractivity (Wildman–Crippen MR) is 103 cm³/mol. The van der Waals surface area contributed by atoms with Crippen molar-refractivity contribution in [3.05, 3.63) is 30.1 Å². The fraction of sp³-hybridized carbons (Fsp3) is 0.444. The van der Waals surface area contributed by atoms with Crippen LogP contribution in [-0.2, 0) is 16.6 Å². The molecule has 0 aliphatic rings. The Balaban J connectivity index is 1.96. The van der Waals surface area contributed by atoms with E-state index < -0.39 is 0 Å². The zero-order valence-corrected chi connectivity index (χ0v) is 16.9. The van der Waals surface area contributed by atoms with Crippen molar-refractivity contribution in [1.29, 1.82) is 0 Å². The highest BCUT2D eigenvalue weighted by molar-refractivity contribution is 7.99. The fourth-order valence-corrected chi connectivity index (χ4v) is 3.17. The smallest absolute Gasteiger partial charge is 0.240 e. The molecule has 146 valence electrons. The lowest BCUT2D eigenvalue weighted by Crippen LogP contribution is -2.46. The summed E-state index contributed by atoms with van der Waals surface area (Å²) in [7, 11) is 3.29. The zero-order valence-electron chi connectivity index (χ0n) is 16.1. The van der Waals surface area contributed by atoms with Crippen molar-refractivity contribution < 1.29 is 14.0 Å². The first-order chi connectivity index (χ1) is 12.6. The Morgan fingerprint density at radius 1 is 1.26 bits per heavy atom. The SMILES string of the molecule is CN(CC(=O)NC(C)(C)C)C(=O)CSc1nnc(-c2ccccc2F)n1C. The summed E-state index contributed by atoms with van der Waals surface area (Å²) >= 11 is 1.19. The van der Waals surface area contributed by atoms with Gasteiger partial charge in [-0.3, -0.25) is 9.59 Å². The molecule has 2 rings (SSSR count). The third-order valence-corrected chi connectivity index (χ3v) is 4.60. The number of aromatic nitrogens is 3. The average molecular weight is 393 g/mol. The van der Waals surface area contributed by atoms with E-state index in [4.69, 9.17) is 0 Å². The number of hydrogen-bond acceptors (Lipinski definition) is 5. The summed E-state index contributed by atoms with van der Waals surface area (Å²) < 4.78 is 15.6. The molecular weight excluding hydrogens is 369 g/mol. The topological polar surface area (TPSA) is 80.1 Å². The Labute approximate surface area is 162 Å². The van der Waals surface area contributed by atoms with Gasteiger partial charge in [-0.15, -0.1) is 10.2 Å². The fourth-order valence-electron chi connectivity index (χ4n) is 2.32. The van der Waals surface area contributed by atoms with Crippen LogP contribution in [0.5, 0.6) is 0 Å². The molecule has 2 amide bonds. The van der Waals surface area contributed by atoms with Gasteiger partial charge in [-0.25, -0.2) is 4.39 Å². The minimum absolute atomic E-state index is 0.0179. The summed E-state index contributed by atoms with van der Waals surface area (Å²) in [5.41, 5.74) is -0.000992. The second kappa shape index (κ2) is 8.51. The van der Waals surface area contributed by atoms with E-state index in [-0.39, 0.29) is 35.5 Å². The van der Waals surface area contributed by atoms with Gasteiger partial charge >= 0.3 is 0 Å². The minimum atomic E-state index is -0.384. The maximum atomic E-state index is 13.9. The van der Waals surface area contributed by atoms with E-state index in [1.165, 1.54) is 22.7 Å². The van der Waals surface area contributed by atoms with E-state index in [1.807, 2.05) is 20.8 Å². The summed E-state index contributed by atoms with van der Waals surface area (Å²) in [5, 5.41) is 11.4. The van der Waals surface area contributed by atoms with Gasteiger partial charge in [0.2, 0.25) is 11.8 Å². The monoisotopic (exact) mass is 393 g/mol. The molecule has 1 heterocycles. The van der Waals surface area contributed by atoms with Gasteiger partial charge in [0.1, 0.15) is 5.82 Å². The molecule has 0 unspecified atom stereocenters. The van der Waals surface area contributed by atoms with Crippen LogP contribution >= 0.6 is 11.8 Å². The lowest BCUT2D eigenvalue weighted by molar-refractivity contribution is -0.133. The molecule has 0 saturated heterocycles. The maximum Gasteiger partial charge on any atom is 0.240 e. The van der Waals surface area contributed by atoms with E-state index in [0.29, 0.717) is 16.5 Å². The Bertz CT molecular complexity index is 831. The summed E-state index contributed by atoms with van der Waals surface area (Å²) in [6.45, 7) is 5.62. The van der Waals surface area contributed by atoms with Gasteiger partial charge < -0.3 is 14.8 Å². The first-order valence-corrected chi connectivity index (χ1v) is 9.39. The molecule has 1 N–H and O–H groups in total. The zero-order chi connectivity index (χ0) is 20.2. The number of hydrogen-bond donors (Lipinski definition) is 1. The van der Waals surface area contributed by atoms with Gasteiger partial charge in [0, 0.05) is 19.6 Å². The van der Waals surface area contributed by atoms with E-state index in [0.717, 1.165) is 0 Å². The Kier molecular flexibility index (Phi) is 6.59. The van der Waals surface area contributed by atoms with E-state index in [2.05, 4.69) is 15.5 Å². The van der Waals surface area contributed by atoms with E-state index in [9.17, 15) is 14.0 Å². The van der Waals surface area contributed by atoms with Crippen LogP contribution in [0.25, 0.3) is 11.4 Å². The number of nitrogens with one attached hydrogen (secondary N) is 1. The first kappa shape index (κ1) is 20.9. The number of thioether (sulfide) groups is 1. The quantitative estimate of drug-likeness (QED) is 0.760. The highest BCUT2D eigenvalue weighted by Gasteiger charge is 2.19. The van der Waals surface area contributed by atoms with E-state index >= 15 is 0 Å². The molecule has 0 atom stereocenters. The highest BCUT2D eigenvalue weighted by Crippen LogP contribution is 2.24. The molecule has 1 aromatic heterocycles. The maximum absolute atomic E-state index is 13.9. The number of carbonyl (C=O) groups is 2. The van der Waals surface area contributed by atoms with E-state index in [1.54, 1.807) is 36.9 Å². The first-order valence-electron chi connectivity index (χ1n) is 8.40. The van der Waals surface area contributed by atoms with Crippen LogP contribution in [0.1, 0.15) is 20.8 Å². The van der Waals surface area contributed by atoms with Crippen molar-refractivity contribution in [2.75, 3.05) is 19.3 Å². The van der Waals surface area contributed by atoms with Crippen LogP contribution in [-0.4, -0.2) is 56.4 Å². The Morgan fingerprint density at radius 2 is 1.93 bits per heavy atom. The van der Waals surface area contributed by atoms with Crippen LogP contribution in [0, 0.1) is 5.82 Å². The van der Waals surface area contributed by atoms with Gasteiger partial charge in [0.15, 0.2) is 11.0 Å². The average Bonchev–Trinajstić information content (AvgIpc) is 2.92. The largest absolute Gasteiger partial charge is 0.350 e. The molecule has 0 spiro atoms. The number of amides is 2. The standard InChI is InChI=1S/C18H24FN5O2S/c1-18(2,3)20-14(25)10-23(4)15(26)11-27-17-22-21-16(24(17)5)12-8-6-7-9-13(12)19/h6-9H,10-11H2,1-5H3,(H,20,25). The molecule has 0 aliphatic heterocycles. The summed E-state index contributed by atoms with van der Waals surface area (Å²) in [6, 6.07) is 6.31. The number of likely N-dealkylation sites (N-methyl/N-ethyl adjacent to an activating group) is 1. The van der Waals surface area contributed by atoms with Crippen LogP contribution in [0.2, 0.25) is 0 Å². The second-order valence-electron chi connectivity index (χ2n) is 7.18. The third-order valence-electron chi connectivity index (χ3n) is 3.60. The second-order valence-corrected chi connectivity index (χ2v) is 8.12. The molecule has 7 nitrogen and oxygen atoms in total. The molecule has 0 aliphatic carbocycles. The van der Waals surface area contributed by atoms with Crippen LogP contribution in [0.3, 0.4) is 0 Å². The molecule has 0 fully saturated rings. The molecule has 0 radical (unpaired) electrons. The predicted octanol–water partition coefficient (Wildman–Crippen LogP) is 2.09. The van der Waals surface area contributed by atoms with Gasteiger partial charge in [0.05, 0.1) is 17.9 Å². The molecule has 0 saturated carbocycles. The highest BCUT2D eigenvalue weighted by atomic mass is 32.2. The molecule has 9 heteroatoms. The van der Waals surface area contributed by atoms with Crippen LogP contribution < -0.4 is 5.32 Å². The molecule has 2 aromatic rings.